The summed E-state index contributed by atoms with van der Waals surface area (Å²) >= 11 is 0. The third-order valence-electron chi connectivity index (χ3n) is 2.83. The summed E-state index contributed by atoms with van der Waals surface area (Å²) in [7, 11) is 0. The first-order valence-electron chi connectivity index (χ1n) is 6.34. The van der Waals surface area contributed by atoms with E-state index in [2.05, 4.69) is 15.5 Å². The van der Waals surface area contributed by atoms with E-state index < -0.39 is 22.3 Å². The maximum absolute atomic E-state index is 12.0. The Kier molecular flexibility index (Phi) is 4.17. The molecule has 8 nitrogen and oxygen atoms in total. The molecule has 0 spiro atoms. The van der Waals surface area contributed by atoms with Gasteiger partial charge in [-0.15, -0.1) is 0 Å². The van der Waals surface area contributed by atoms with Crippen molar-refractivity contribution in [3.05, 3.63) is 45.6 Å². The summed E-state index contributed by atoms with van der Waals surface area (Å²) in [6, 6.07) is 5.11. The van der Waals surface area contributed by atoms with Crippen LogP contribution in [0.1, 0.15) is 29.4 Å². The first kappa shape index (κ1) is 14.5. The first-order chi connectivity index (χ1) is 10.0. The number of aromatic nitrogens is 2. The lowest BCUT2D eigenvalue weighted by molar-refractivity contribution is -0.385. The lowest BCUT2D eigenvalue weighted by Gasteiger charge is -2.02. The molecule has 0 radical (unpaired) electrons. The molecule has 0 aliphatic heterocycles. The molecule has 1 heterocycles. The predicted molar refractivity (Wildman–Crippen MR) is 75.3 cm³/mol. The Balaban J connectivity index is 2.12. The van der Waals surface area contributed by atoms with Crippen LogP contribution >= 0.6 is 0 Å². The van der Waals surface area contributed by atoms with Crippen molar-refractivity contribution >= 4 is 17.4 Å². The molecule has 0 atom stereocenters. The number of hydrogen-bond acceptors (Lipinski definition) is 5. The second-order valence-corrected chi connectivity index (χ2v) is 4.44. The maximum atomic E-state index is 12.0. The van der Waals surface area contributed by atoms with Gasteiger partial charge in [0.05, 0.1) is 4.92 Å². The number of nitro benzene ring substituents is 1. The van der Waals surface area contributed by atoms with E-state index in [4.69, 9.17) is 0 Å². The van der Waals surface area contributed by atoms with Gasteiger partial charge in [-0.3, -0.25) is 20.0 Å². The molecule has 21 heavy (non-hydrogen) atoms. The molecule has 3 N–H and O–H groups in total. The molecule has 2 rings (SSSR count). The maximum Gasteiger partial charge on any atom is 0.310 e. The molecule has 1 aromatic heterocycles. The van der Waals surface area contributed by atoms with Gasteiger partial charge in [-0.1, -0.05) is 13.3 Å². The molecule has 0 aliphatic carbocycles. The van der Waals surface area contributed by atoms with Crippen molar-refractivity contribution in [3.8, 4) is 5.75 Å². The van der Waals surface area contributed by atoms with E-state index in [1.165, 1.54) is 6.07 Å². The van der Waals surface area contributed by atoms with E-state index in [-0.39, 0.29) is 5.56 Å². The number of aromatic hydroxyl groups is 1. The van der Waals surface area contributed by atoms with Gasteiger partial charge in [0.2, 0.25) is 0 Å². The van der Waals surface area contributed by atoms with Gasteiger partial charge < -0.3 is 10.4 Å². The summed E-state index contributed by atoms with van der Waals surface area (Å²) in [5.74, 6) is -0.697. The third kappa shape index (κ3) is 3.35. The Morgan fingerprint density at radius 3 is 2.86 bits per heavy atom. The highest BCUT2D eigenvalue weighted by Crippen LogP contribution is 2.26. The molecule has 2 aromatic rings. The van der Waals surface area contributed by atoms with E-state index in [1.54, 1.807) is 6.07 Å². The molecule has 8 heteroatoms. The van der Waals surface area contributed by atoms with Crippen LogP contribution in [0.15, 0.2) is 24.3 Å². The van der Waals surface area contributed by atoms with Crippen LogP contribution in [0.3, 0.4) is 0 Å². The lowest BCUT2D eigenvalue weighted by Crippen LogP contribution is -2.12. The summed E-state index contributed by atoms with van der Waals surface area (Å²) in [4.78, 5) is 21.8. The topological polar surface area (TPSA) is 121 Å². The smallest absolute Gasteiger partial charge is 0.310 e. The molecular weight excluding hydrogens is 276 g/mol. The second-order valence-electron chi connectivity index (χ2n) is 4.44. The molecule has 0 unspecified atom stereocenters. The summed E-state index contributed by atoms with van der Waals surface area (Å²) in [6.07, 6.45) is 1.77. The summed E-state index contributed by atoms with van der Waals surface area (Å²) in [5, 5.41) is 29.4. The Bertz CT molecular complexity index is 681. The number of phenolic OH excluding ortho intramolecular Hbond substituents is 1. The Labute approximate surface area is 120 Å². The molecule has 1 amide bonds. The number of H-pyrrole nitrogens is 1. The van der Waals surface area contributed by atoms with Crippen LogP contribution in [0.2, 0.25) is 0 Å². The number of carbonyl (C=O) groups is 1. The summed E-state index contributed by atoms with van der Waals surface area (Å²) < 4.78 is 0. The highest BCUT2D eigenvalue weighted by Gasteiger charge is 2.16. The number of nitrogens with one attached hydrogen (secondary N) is 2. The minimum Gasteiger partial charge on any atom is -0.502 e. The fraction of sp³-hybridized carbons (Fsp3) is 0.231. The number of hydrogen-bond donors (Lipinski definition) is 3. The minimum absolute atomic E-state index is 0.109. The van der Waals surface area contributed by atoms with Crippen LogP contribution in [-0.2, 0) is 6.42 Å². The number of anilines is 1. The van der Waals surface area contributed by atoms with Crippen molar-refractivity contribution in [2.75, 3.05) is 5.32 Å². The van der Waals surface area contributed by atoms with Crippen LogP contribution in [0.5, 0.6) is 5.75 Å². The van der Waals surface area contributed by atoms with E-state index >= 15 is 0 Å². The van der Waals surface area contributed by atoms with Crippen LogP contribution < -0.4 is 5.32 Å². The number of aromatic amines is 1. The standard InChI is InChI=1S/C13H14N4O4/c1-2-3-9-7-12(16-15-9)14-13(19)8-4-5-10(17(20)21)11(18)6-8/h4-7,18H,2-3H2,1H3,(H2,14,15,16,19). The molecule has 0 bridgehead atoms. The number of benzene rings is 1. The van der Waals surface area contributed by atoms with Crippen LogP contribution in [0, 0.1) is 10.1 Å². The number of nitrogens with zero attached hydrogens (tertiary/aromatic N) is 2. The van der Waals surface area contributed by atoms with E-state index in [0.717, 1.165) is 30.7 Å². The van der Waals surface area contributed by atoms with E-state index in [1.807, 2.05) is 6.92 Å². The molecule has 110 valence electrons. The average molecular weight is 290 g/mol. The van der Waals surface area contributed by atoms with Crippen LogP contribution in [0.25, 0.3) is 0 Å². The van der Waals surface area contributed by atoms with E-state index in [9.17, 15) is 20.0 Å². The molecule has 1 aromatic carbocycles. The SMILES string of the molecule is CCCc1cc(NC(=O)c2ccc([N+](=O)[O-])c(O)c2)n[nH]1. The Morgan fingerprint density at radius 2 is 2.24 bits per heavy atom. The second kappa shape index (κ2) is 6.04. The molecule has 0 saturated carbocycles. The number of carbonyl (C=O) groups excluding carboxylic acids is 1. The lowest BCUT2D eigenvalue weighted by atomic mass is 10.2. The molecule has 0 saturated heterocycles. The van der Waals surface area contributed by atoms with Crippen molar-refractivity contribution < 1.29 is 14.8 Å². The van der Waals surface area contributed by atoms with Crippen molar-refractivity contribution in [2.45, 2.75) is 19.8 Å². The monoisotopic (exact) mass is 290 g/mol. The number of rotatable bonds is 5. The number of phenols is 1. The van der Waals surface area contributed by atoms with Gasteiger partial charge in [-0.05, 0) is 18.6 Å². The zero-order valence-corrected chi connectivity index (χ0v) is 11.3. The zero-order valence-electron chi connectivity index (χ0n) is 11.3. The zero-order chi connectivity index (χ0) is 15.4. The largest absolute Gasteiger partial charge is 0.502 e. The highest BCUT2D eigenvalue weighted by molar-refractivity contribution is 6.04. The van der Waals surface area contributed by atoms with Gasteiger partial charge in [-0.25, -0.2) is 0 Å². The van der Waals surface area contributed by atoms with Gasteiger partial charge in [0.25, 0.3) is 5.91 Å². The van der Waals surface area contributed by atoms with Gasteiger partial charge in [0.1, 0.15) is 0 Å². The summed E-state index contributed by atoms with van der Waals surface area (Å²) in [6.45, 7) is 2.03. The number of amides is 1. The van der Waals surface area contributed by atoms with Crippen molar-refractivity contribution in [3.63, 3.8) is 0 Å². The van der Waals surface area contributed by atoms with Crippen molar-refractivity contribution in [1.82, 2.24) is 10.2 Å². The van der Waals surface area contributed by atoms with Gasteiger partial charge in [0, 0.05) is 23.4 Å². The first-order valence-corrected chi connectivity index (χ1v) is 6.34. The highest BCUT2D eigenvalue weighted by atomic mass is 16.6. The third-order valence-corrected chi connectivity index (χ3v) is 2.83. The fourth-order valence-electron chi connectivity index (χ4n) is 1.83. The Morgan fingerprint density at radius 1 is 1.48 bits per heavy atom. The van der Waals surface area contributed by atoms with Crippen molar-refractivity contribution in [1.29, 1.82) is 0 Å². The predicted octanol–water partition coefficient (Wildman–Crippen LogP) is 2.23. The van der Waals surface area contributed by atoms with Crippen LogP contribution in [-0.4, -0.2) is 26.1 Å². The van der Waals surface area contributed by atoms with Gasteiger partial charge in [0.15, 0.2) is 11.6 Å². The van der Waals surface area contributed by atoms with Crippen LogP contribution in [0.4, 0.5) is 11.5 Å². The van der Waals surface area contributed by atoms with E-state index in [0.29, 0.717) is 5.82 Å². The number of nitro groups is 1. The fourth-order valence-corrected chi connectivity index (χ4v) is 1.83. The average Bonchev–Trinajstić information content (AvgIpc) is 2.86. The molecule has 0 fully saturated rings. The minimum atomic E-state index is -0.720. The van der Waals surface area contributed by atoms with Gasteiger partial charge in [-0.2, -0.15) is 5.10 Å². The van der Waals surface area contributed by atoms with Crippen molar-refractivity contribution in [2.24, 2.45) is 0 Å². The normalized spacial score (nSPS) is 10.3. The van der Waals surface area contributed by atoms with Gasteiger partial charge >= 0.3 is 5.69 Å². The Hall–Kier alpha value is -2.90. The number of aryl methyl sites for hydroxylation is 1. The molecule has 0 aliphatic rings. The quantitative estimate of drug-likeness (QED) is 0.576. The summed E-state index contributed by atoms with van der Waals surface area (Å²) in [5.41, 5.74) is 0.564. The molecular formula is C13H14N4O4.